The minimum absolute atomic E-state index is 0.711. The van der Waals surface area contributed by atoms with Gasteiger partial charge in [0.1, 0.15) is 13.9 Å². The smallest absolute Gasteiger partial charge is 0.189 e. The van der Waals surface area contributed by atoms with Crippen LogP contribution in [0.2, 0.25) is 13.1 Å². The molecule has 8 aromatic rings. The van der Waals surface area contributed by atoms with Gasteiger partial charge in [-0.05, 0) is 52.8 Å². The van der Waals surface area contributed by atoms with Crippen LogP contribution in [0.4, 0.5) is 5.69 Å². The maximum atomic E-state index is 8.18. The van der Waals surface area contributed by atoms with Gasteiger partial charge in [0.25, 0.3) is 0 Å². The van der Waals surface area contributed by atoms with E-state index in [-0.39, 0.29) is 0 Å². The second-order valence-electron chi connectivity index (χ2n) is 11.6. The van der Waals surface area contributed by atoms with Crippen LogP contribution >= 0.6 is 0 Å². The predicted molar refractivity (Wildman–Crippen MR) is 182 cm³/mol. The molecule has 5 heteroatoms. The maximum absolute atomic E-state index is 8.18. The van der Waals surface area contributed by atoms with Crippen LogP contribution < -0.4 is 10.4 Å². The largest absolute Gasteiger partial charge is 0.311 e. The minimum atomic E-state index is -2.25. The van der Waals surface area contributed by atoms with Crippen LogP contribution in [-0.4, -0.2) is 22.2 Å². The lowest BCUT2D eigenvalue weighted by molar-refractivity contribution is 1.08. The van der Waals surface area contributed by atoms with E-state index >= 15 is 0 Å². The summed E-state index contributed by atoms with van der Waals surface area (Å²) < 4.78 is 4.52. The number of pyridine rings is 1. The second kappa shape index (κ2) is 9.55. The van der Waals surface area contributed by atoms with E-state index in [1.807, 2.05) is 6.20 Å². The molecule has 3 heterocycles. The van der Waals surface area contributed by atoms with Gasteiger partial charge < -0.3 is 4.57 Å². The van der Waals surface area contributed by atoms with Crippen molar-refractivity contribution in [2.75, 3.05) is 0 Å². The lowest BCUT2D eigenvalue weighted by atomic mass is 10.2. The van der Waals surface area contributed by atoms with Gasteiger partial charge in [0.2, 0.25) is 0 Å². The van der Waals surface area contributed by atoms with Crippen LogP contribution in [0.5, 0.6) is 0 Å². The van der Waals surface area contributed by atoms with E-state index in [1.54, 1.807) is 0 Å². The Kier molecular flexibility index (Phi) is 5.62. The quantitative estimate of drug-likeness (QED) is 0.154. The molecule has 0 radical (unpaired) electrons. The third kappa shape index (κ3) is 3.77. The molecule has 5 aromatic carbocycles. The third-order valence-corrected chi connectivity index (χ3v) is 12.4. The fourth-order valence-corrected chi connectivity index (χ4v) is 9.16. The van der Waals surface area contributed by atoms with Crippen LogP contribution in [0.1, 0.15) is 0 Å². The van der Waals surface area contributed by atoms with Crippen LogP contribution in [0, 0.1) is 6.57 Å². The fourth-order valence-electron chi connectivity index (χ4n) is 6.69. The summed E-state index contributed by atoms with van der Waals surface area (Å²) in [7, 11) is -2.25. The van der Waals surface area contributed by atoms with Gasteiger partial charge in [0, 0.05) is 33.4 Å². The average Bonchev–Trinajstić information content (AvgIpc) is 3.58. The molecule has 8 rings (SSSR count). The van der Waals surface area contributed by atoms with Crippen molar-refractivity contribution < 1.29 is 0 Å². The molecular formula is C38H28N4Si. The molecule has 3 aromatic heterocycles. The van der Waals surface area contributed by atoms with Gasteiger partial charge in [-0.25, -0.2) is 9.83 Å². The van der Waals surface area contributed by atoms with E-state index in [1.165, 1.54) is 26.7 Å². The summed E-state index contributed by atoms with van der Waals surface area (Å²) in [6.45, 7) is 12.8. The molecular weight excluding hydrogens is 541 g/mol. The van der Waals surface area contributed by atoms with Gasteiger partial charge in [-0.2, -0.15) is 0 Å². The van der Waals surface area contributed by atoms with Crippen molar-refractivity contribution in [1.29, 1.82) is 0 Å². The molecule has 0 spiro atoms. The van der Waals surface area contributed by atoms with Crippen molar-refractivity contribution in [2.45, 2.75) is 13.1 Å². The topological polar surface area (TPSA) is 27.1 Å². The Labute approximate surface area is 250 Å². The van der Waals surface area contributed by atoms with Crippen molar-refractivity contribution in [3.05, 3.63) is 145 Å². The van der Waals surface area contributed by atoms with Gasteiger partial charge in [-0.15, -0.1) is 0 Å². The first-order valence-electron chi connectivity index (χ1n) is 14.5. The van der Waals surface area contributed by atoms with Crippen molar-refractivity contribution in [1.82, 2.24) is 14.1 Å². The number of fused-ring (bicyclic) bond motifs is 6. The zero-order valence-electron chi connectivity index (χ0n) is 24.0. The average molecular weight is 569 g/mol. The summed E-state index contributed by atoms with van der Waals surface area (Å²) in [5, 5.41) is 7.21. The monoisotopic (exact) mass is 568 g/mol. The van der Waals surface area contributed by atoms with Gasteiger partial charge in [0.15, 0.2) is 5.69 Å². The lowest BCUT2D eigenvalue weighted by Crippen LogP contribution is -2.53. The molecule has 0 aliphatic rings. The Hall–Kier alpha value is -5.44. The normalized spacial score (nSPS) is 11.9. The summed E-state index contributed by atoms with van der Waals surface area (Å²) in [5.74, 6) is 0.901. The molecule has 0 aliphatic carbocycles. The predicted octanol–water partition coefficient (Wildman–Crippen LogP) is 8.65. The zero-order valence-corrected chi connectivity index (χ0v) is 25.0. The first kappa shape index (κ1) is 25.3. The number of rotatable bonds is 4. The highest BCUT2D eigenvalue weighted by Gasteiger charge is 2.29. The van der Waals surface area contributed by atoms with E-state index in [0.717, 1.165) is 38.8 Å². The van der Waals surface area contributed by atoms with Crippen molar-refractivity contribution in [3.63, 3.8) is 0 Å². The summed E-state index contributed by atoms with van der Waals surface area (Å²) >= 11 is 0. The SMILES string of the molecule is [C-]#[N+]c1cc(-n2c3ccccc3c3ccccc32)ccc1[Si](C)(C)c1ccc(-n2c3ccccc3c3ccccc32)nc1. The summed E-state index contributed by atoms with van der Waals surface area (Å²) in [5.41, 5.74) is 6.31. The molecule has 0 fully saturated rings. The first-order chi connectivity index (χ1) is 21.1. The molecule has 0 amide bonds. The molecule has 43 heavy (non-hydrogen) atoms. The Morgan fingerprint density at radius 2 is 1.07 bits per heavy atom. The van der Waals surface area contributed by atoms with E-state index in [0.29, 0.717) is 5.69 Å². The Bertz CT molecular complexity index is 2280. The Morgan fingerprint density at radius 3 is 1.53 bits per heavy atom. The maximum Gasteiger partial charge on any atom is 0.189 e. The van der Waals surface area contributed by atoms with Crippen LogP contribution in [0.3, 0.4) is 0 Å². The number of nitrogens with zero attached hydrogens (tertiary/aromatic N) is 4. The number of hydrogen-bond acceptors (Lipinski definition) is 1. The standard InChI is InChI=1S/C38H28N4Si/c1-39-32-24-26(41-33-16-8-4-12-28(33)29-13-5-9-17-34(29)41)20-22-37(32)43(2,3)27-21-23-38(40-25-27)42-35-18-10-6-14-30(35)31-15-7-11-19-36(31)42/h4-25H,2-3H3. The third-order valence-electron chi connectivity index (χ3n) is 8.89. The zero-order chi connectivity index (χ0) is 29.1. The summed E-state index contributed by atoms with van der Waals surface area (Å²) in [6, 6.07) is 44.7. The minimum Gasteiger partial charge on any atom is -0.311 e. The van der Waals surface area contributed by atoms with Crippen molar-refractivity contribution in [3.8, 4) is 11.5 Å². The van der Waals surface area contributed by atoms with Gasteiger partial charge in [-0.3, -0.25) is 4.57 Å². The molecule has 204 valence electrons. The second-order valence-corrected chi connectivity index (χ2v) is 15.9. The van der Waals surface area contributed by atoms with Crippen molar-refractivity contribution >= 4 is 67.7 Å². The lowest BCUT2D eigenvalue weighted by Gasteiger charge is -2.25. The summed E-state index contributed by atoms with van der Waals surface area (Å²) in [6.07, 6.45) is 2.03. The number of para-hydroxylation sites is 4. The number of hydrogen-bond donors (Lipinski definition) is 0. The molecule has 0 saturated heterocycles. The highest BCUT2D eigenvalue weighted by Crippen LogP contribution is 2.33. The fraction of sp³-hybridized carbons (Fsp3) is 0.0526. The molecule has 0 N–H and O–H groups in total. The van der Waals surface area contributed by atoms with E-state index in [2.05, 4.69) is 154 Å². The molecule has 0 saturated carbocycles. The van der Waals surface area contributed by atoms with Gasteiger partial charge in [0.05, 0.1) is 28.6 Å². The molecule has 0 unspecified atom stereocenters. The van der Waals surface area contributed by atoms with Crippen LogP contribution in [0.25, 0.3) is 60.0 Å². The molecule has 4 nitrogen and oxygen atoms in total. The first-order valence-corrected chi connectivity index (χ1v) is 17.5. The number of aromatic nitrogens is 3. The number of benzene rings is 5. The summed E-state index contributed by atoms with van der Waals surface area (Å²) in [4.78, 5) is 9.08. The van der Waals surface area contributed by atoms with E-state index in [9.17, 15) is 0 Å². The van der Waals surface area contributed by atoms with Gasteiger partial charge >= 0.3 is 0 Å². The van der Waals surface area contributed by atoms with Crippen molar-refractivity contribution in [2.24, 2.45) is 0 Å². The molecule has 0 aliphatic heterocycles. The van der Waals surface area contributed by atoms with Gasteiger partial charge in [-0.1, -0.05) is 98.0 Å². The van der Waals surface area contributed by atoms with Crippen LogP contribution in [-0.2, 0) is 0 Å². The Morgan fingerprint density at radius 1 is 0.581 bits per heavy atom. The van der Waals surface area contributed by atoms with E-state index < -0.39 is 8.07 Å². The molecule has 0 bridgehead atoms. The highest BCUT2D eigenvalue weighted by molar-refractivity contribution is 7.01. The Balaban J connectivity index is 1.22. The van der Waals surface area contributed by atoms with E-state index in [4.69, 9.17) is 11.6 Å². The highest BCUT2D eigenvalue weighted by atomic mass is 28.3. The van der Waals surface area contributed by atoms with Crippen LogP contribution in [0.15, 0.2) is 134 Å². The molecule has 0 atom stereocenters.